The lowest BCUT2D eigenvalue weighted by molar-refractivity contribution is 0.0131. The maximum absolute atomic E-state index is 16.0. The number of amides is 1. The maximum atomic E-state index is 16.0. The molecule has 3 heterocycles. The number of hydrogen-bond donors (Lipinski definition) is 2. The Hall–Kier alpha value is -3.30. The molecule has 1 atom stereocenters. The third kappa shape index (κ3) is 3.96. The molecule has 6 nitrogen and oxygen atoms in total. The van der Waals surface area contributed by atoms with Crippen LogP contribution in [0.25, 0.3) is 22.4 Å². The van der Waals surface area contributed by atoms with E-state index in [2.05, 4.69) is 9.97 Å². The number of nitrogens with one attached hydrogen (secondary N) is 1. The zero-order valence-corrected chi connectivity index (χ0v) is 17.2. The van der Waals surface area contributed by atoms with Gasteiger partial charge in [-0.15, -0.1) is 0 Å². The van der Waals surface area contributed by atoms with Crippen molar-refractivity contribution in [1.29, 1.82) is 0 Å². The molecular weight excluding hydrogens is 423 g/mol. The Balaban J connectivity index is 2.09. The summed E-state index contributed by atoms with van der Waals surface area (Å²) in [7, 11) is 0. The number of ether oxygens (including phenoxy) is 1. The van der Waals surface area contributed by atoms with Crippen LogP contribution in [0.2, 0.25) is 0 Å². The van der Waals surface area contributed by atoms with Gasteiger partial charge in [0.2, 0.25) is 0 Å². The van der Waals surface area contributed by atoms with Gasteiger partial charge >= 0.3 is 0 Å². The molecule has 1 unspecified atom stereocenters. The van der Waals surface area contributed by atoms with Gasteiger partial charge in [-0.05, 0) is 49.9 Å². The largest absolute Gasteiger partial charge is 0.373 e. The lowest BCUT2D eigenvalue weighted by atomic mass is 9.89. The monoisotopic (exact) mass is 443 g/mol. The van der Waals surface area contributed by atoms with E-state index in [1.807, 2.05) is 0 Å². The maximum Gasteiger partial charge on any atom is 0.293 e. The Kier molecular flexibility index (Phi) is 6.20. The number of hydroxylamine groups is 1. The number of pyridine rings is 2. The van der Waals surface area contributed by atoms with Gasteiger partial charge in [-0.2, -0.15) is 0 Å². The van der Waals surface area contributed by atoms with E-state index in [0.717, 1.165) is 25.0 Å². The lowest BCUT2D eigenvalue weighted by Crippen LogP contribution is -2.24. The molecule has 1 saturated heterocycles. The second-order valence-corrected chi connectivity index (χ2v) is 7.55. The molecule has 0 saturated carbocycles. The fourth-order valence-electron chi connectivity index (χ4n) is 3.96. The number of aromatic nitrogens is 2. The summed E-state index contributed by atoms with van der Waals surface area (Å²) in [6.45, 7) is 1.86. The first kappa shape index (κ1) is 21.9. The predicted molar refractivity (Wildman–Crippen MR) is 109 cm³/mol. The SMILES string of the molecule is Cc1cc(F)c(-c2nc(C(=O)NO)c(-c3cccnc3)c(C3CCCCO3)c2F)c(F)c1. The van der Waals surface area contributed by atoms with Gasteiger partial charge in [-0.3, -0.25) is 15.0 Å². The lowest BCUT2D eigenvalue weighted by Gasteiger charge is -2.27. The first-order valence-electron chi connectivity index (χ1n) is 10.1. The highest BCUT2D eigenvalue weighted by atomic mass is 19.1. The molecule has 2 N–H and O–H groups in total. The van der Waals surface area contributed by atoms with Crippen LogP contribution in [0.15, 0.2) is 36.7 Å². The minimum absolute atomic E-state index is 0.0470. The average molecular weight is 443 g/mol. The highest BCUT2D eigenvalue weighted by Crippen LogP contribution is 2.42. The summed E-state index contributed by atoms with van der Waals surface area (Å²) < 4.78 is 51.3. The van der Waals surface area contributed by atoms with E-state index in [1.165, 1.54) is 24.8 Å². The van der Waals surface area contributed by atoms with Gasteiger partial charge in [-0.25, -0.2) is 23.6 Å². The summed E-state index contributed by atoms with van der Waals surface area (Å²) in [5.74, 6) is -4.09. The van der Waals surface area contributed by atoms with E-state index in [1.54, 1.807) is 12.1 Å². The number of aryl methyl sites for hydroxylation is 1. The Bertz CT molecular complexity index is 1140. The van der Waals surface area contributed by atoms with E-state index < -0.39 is 46.4 Å². The van der Waals surface area contributed by atoms with E-state index in [4.69, 9.17) is 4.74 Å². The topological polar surface area (TPSA) is 84.3 Å². The number of benzene rings is 1. The first-order chi connectivity index (χ1) is 15.4. The summed E-state index contributed by atoms with van der Waals surface area (Å²) in [5, 5.41) is 9.31. The van der Waals surface area contributed by atoms with Crippen molar-refractivity contribution < 1.29 is 27.9 Å². The fourth-order valence-corrected chi connectivity index (χ4v) is 3.96. The molecular formula is C23H20F3N3O3. The summed E-state index contributed by atoms with van der Waals surface area (Å²) in [6.07, 6.45) is 4.09. The average Bonchev–Trinajstić information content (AvgIpc) is 2.79. The molecule has 1 aliphatic rings. The third-order valence-corrected chi connectivity index (χ3v) is 5.37. The molecule has 32 heavy (non-hydrogen) atoms. The Morgan fingerprint density at radius 3 is 2.53 bits per heavy atom. The van der Waals surface area contributed by atoms with E-state index in [-0.39, 0.29) is 11.1 Å². The third-order valence-electron chi connectivity index (χ3n) is 5.37. The van der Waals surface area contributed by atoms with Crippen molar-refractivity contribution in [2.45, 2.75) is 32.3 Å². The number of rotatable bonds is 4. The predicted octanol–water partition coefficient (Wildman–Crippen LogP) is 4.90. The highest BCUT2D eigenvalue weighted by molar-refractivity contribution is 6.00. The smallest absolute Gasteiger partial charge is 0.293 e. The summed E-state index contributed by atoms with van der Waals surface area (Å²) in [6, 6.07) is 5.29. The first-order valence-corrected chi connectivity index (χ1v) is 10.1. The van der Waals surface area contributed by atoms with Crippen molar-refractivity contribution >= 4 is 5.91 Å². The van der Waals surface area contributed by atoms with Crippen LogP contribution in [-0.2, 0) is 4.74 Å². The summed E-state index contributed by atoms with van der Waals surface area (Å²) in [5.41, 5.74) is 0.356. The van der Waals surface area contributed by atoms with Gasteiger partial charge in [0.05, 0.1) is 11.7 Å². The van der Waals surface area contributed by atoms with Crippen molar-refractivity contribution in [2.75, 3.05) is 6.61 Å². The van der Waals surface area contributed by atoms with Gasteiger partial charge in [0, 0.05) is 35.7 Å². The number of nitrogens with zero attached hydrogens (tertiary/aromatic N) is 2. The molecule has 0 radical (unpaired) electrons. The van der Waals surface area contributed by atoms with Crippen LogP contribution in [0.3, 0.4) is 0 Å². The minimum Gasteiger partial charge on any atom is -0.373 e. The van der Waals surface area contributed by atoms with Crippen LogP contribution in [0.1, 0.15) is 47.0 Å². The quantitative estimate of drug-likeness (QED) is 0.443. The van der Waals surface area contributed by atoms with E-state index in [0.29, 0.717) is 24.2 Å². The van der Waals surface area contributed by atoms with Gasteiger partial charge in [0.25, 0.3) is 5.91 Å². The molecule has 9 heteroatoms. The second-order valence-electron chi connectivity index (χ2n) is 7.55. The summed E-state index contributed by atoms with van der Waals surface area (Å²) in [4.78, 5) is 20.6. The number of carbonyl (C=O) groups is 1. The molecule has 2 aromatic heterocycles. The molecule has 1 aromatic carbocycles. The molecule has 3 aromatic rings. The molecule has 166 valence electrons. The Morgan fingerprint density at radius 1 is 1.19 bits per heavy atom. The van der Waals surface area contributed by atoms with Crippen LogP contribution in [0.5, 0.6) is 0 Å². The molecule has 0 aliphatic carbocycles. The molecule has 4 rings (SSSR count). The van der Waals surface area contributed by atoms with E-state index in [9.17, 15) is 18.8 Å². The molecule has 0 bridgehead atoms. The van der Waals surface area contributed by atoms with Crippen LogP contribution >= 0.6 is 0 Å². The zero-order valence-electron chi connectivity index (χ0n) is 17.2. The van der Waals surface area contributed by atoms with Gasteiger partial charge in [0.15, 0.2) is 5.82 Å². The second kappa shape index (κ2) is 9.05. The Morgan fingerprint density at radius 2 is 1.94 bits per heavy atom. The molecule has 1 aliphatic heterocycles. The standard InChI is InChI=1S/C23H20F3N3O3/c1-12-9-14(24)18(15(25)10-12)21-20(26)19(16-6-2-3-8-32-16)17(13-5-4-7-27-11-13)22(28-21)23(30)29-31/h4-5,7,9-11,16,31H,2-3,6,8H2,1H3,(H,29,30). The van der Waals surface area contributed by atoms with Crippen LogP contribution < -0.4 is 5.48 Å². The van der Waals surface area contributed by atoms with Gasteiger partial charge in [0.1, 0.15) is 23.0 Å². The van der Waals surface area contributed by atoms with Gasteiger partial charge < -0.3 is 4.74 Å². The molecule has 1 amide bonds. The van der Waals surface area contributed by atoms with Crippen LogP contribution in [0, 0.1) is 24.4 Å². The molecule has 1 fully saturated rings. The van der Waals surface area contributed by atoms with Crippen molar-refractivity contribution in [2.24, 2.45) is 0 Å². The van der Waals surface area contributed by atoms with Crippen molar-refractivity contribution in [1.82, 2.24) is 15.4 Å². The number of carbonyl (C=O) groups excluding carboxylic acids is 1. The zero-order chi connectivity index (χ0) is 22.8. The van der Waals surface area contributed by atoms with Crippen molar-refractivity contribution in [3.63, 3.8) is 0 Å². The highest BCUT2D eigenvalue weighted by Gasteiger charge is 2.33. The van der Waals surface area contributed by atoms with E-state index >= 15 is 4.39 Å². The van der Waals surface area contributed by atoms with Crippen LogP contribution in [0.4, 0.5) is 13.2 Å². The van der Waals surface area contributed by atoms with Crippen LogP contribution in [-0.4, -0.2) is 27.7 Å². The Labute approximate surface area is 182 Å². The summed E-state index contributed by atoms with van der Waals surface area (Å²) >= 11 is 0. The number of hydrogen-bond acceptors (Lipinski definition) is 5. The normalized spacial score (nSPS) is 16.1. The van der Waals surface area contributed by atoms with Gasteiger partial charge in [-0.1, -0.05) is 6.07 Å². The fraction of sp³-hybridized carbons (Fsp3) is 0.261. The number of halogens is 3. The van der Waals surface area contributed by atoms with Crippen molar-refractivity contribution in [3.8, 4) is 22.4 Å². The van der Waals surface area contributed by atoms with Crippen molar-refractivity contribution in [3.05, 3.63) is 70.9 Å². The molecule has 0 spiro atoms. The minimum atomic E-state index is -1.06.